The predicted octanol–water partition coefficient (Wildman–Crippen LogP) is 1.92. The Morgan fingerprint density at radius 1 is 1.28 bits per heavy atom. The van der Waals surface area contributed by atoms with Gasteiger partial charge in [0.05, 0.1) is 0 Å². The largest absolute Gasteiger partial charge is 0.329 e. The Kier molecular flexibility index (Phi) is 3.57. The van der Waals surface area contributed by atoms with Crippen molar-refractivity contribution >= 4 is 29.1 Å². The number of nitrogens with zero attached hydrogens (tertiary/aromatic N) is 2. The topological polar surface area (TPSA) is 40.6 Å². The normalized spacial score (nSPS) is 20.2. The van der Waals surface area contributed by atoms with Gasteiger partial charge in [0.25, 0.3) is 0 Å². The van der Waals surface area contributed by atoms with Gasteiger partial charge in [0.15, 0.2) is 0 Å². The average Bonchev–Trinajstić information content (AvgIpc) is 2.33. The van der Waals surface area contributed by atoms with Crippen LogP contribution in [0.4, 0.5) is 5.69 Å². The summed E-state index contributed by atoms with van der Waals surface area (Å²) in [7, 11) is 0. The highest BCUT2D eigenvalue weighted by Gasteiger charge is 2.33. The van der Waals surface area contributed by atoms with E-state index in [4.69, 9.17) is 11.6 Å². The average molecular weight is 267 g/mol. The fourth-order valence-electron chi connectivity index (χ4n) is 2.18. The lowest BCUT2D eigenvalue weighted by atomic mass is 10.1. The first-order chi connectivity index (χ1) is 8.50. The lowest BCUT2D eigenvalue weighted by Crippen LogP contribution is -2.57. The van der Waals surface area contributed by atoms with Gasteiger partial charge >= 0.3 is 0 Å². The standard InChI is InChI=1S/C13H15ClN2O2/c1-9-13(18)16(8-7-15(9)10(2)17)12-5-3-11(14)4-6-12/h3-6,9H,7-8H2,1-2H3/t9-/m1/s1. The smallest absolute Gasteiger partial charge is 0.249 e. The van der Waals surface area contributed by atoms with E-state index in [0.717, 1.165) is 5.69 Å². The first kappa shape index (κ1) is 12.9. The summed E-state index contributed by atoms with van der Waals surface area (Å²) in [5, 5.41) is 0.640. The van der Waals surface area contributed by atoms with E-state index >= 15 is 0 Å². The van der Waals surface area contributed by atoms with E-state index in [1.165, 1.54) is 6.92 Å². The van der Waals surface area contributed by atoms with Crippen molar-refractivity contribution in [1.29, 1.82) is 0 Å². The van der Waals surface area contributed by atoms with Crippen molar-refractivity contribution in [3.05, 3.63) is 29.3 Å². The number of hydrogen-bond donors (Lipinski definition) is 0. The van der Waals surface area contributed by atoms with Crippen LogP contribution in [0.15, 0.2) is 24.3 Å². The van der Waals surface area contributed by atoms with Crippen LogP contribution in [0.1, 0.15) is 13.8 Å². The summed E-state index contributed by atoms with van der Waals surface area (Å²) in [6, 6.07) is 6.73. The predicted molar refractivity (Wildman–Crippen MR) is 70.7 cm³/mol. The number of anilines is 1. The molecule has 5 heteroatoms. The third-order valence-corrected chi connectivity index (χ3v) is 3.45. The van der Waals surface area contributed by atoms with Crippen molar-refractivity contribution in [3.63, 3.8) is 0 Å². The molecule has 1 aliphatic rings. The fourth-order valence-corrected chi connectivity index (χ4v) is 2.30. The molecule has 0 saturated carbocycles. The van der Waals surface area contributed by atoms with Crippen molar-refractivity contribution in [1.82, 2.24) is 4.90 Å². The molecule has 1 atom stereocenters. The summed E-state index contributed by atoms with van der Waals surface area (Å²) >= 11 is 5.82. The van der Waals surface area contributed by atoms with E-state index in [1.807, 2.05) is 12.1 Å². The third kappa shape index (κ3) is 2.34. The van der Waals surface area contributed by atoms with Crippen molar-refractivity contribution in [2.75, 3.05) is 18.0 Å². The minimum atomic E-state index is -0.410. The maximum absolute atomic E-state index is 12.2. The molecule has 4 nitrogen and oxygen atoms in total. The van der Waals surface area contributed by atoms with Gasteiger partial charge in [-0.1, -0.05) is 11.6 Å². The zero-order valence-electron chi connectivity index (χ0n) is 10.4. The molecule has 96 valence electrons. The molecule has 1 aromatic rings. The van der Waals surface area contributed by atoms with Gasteiger partial charge in [-0.15, -0.1) is 0 Å². The molecule has 0 spiro atoms. The van der Waals surface area contributed by atoms with Gasteiger partial charge in [-0.05, 0) is 31.2 Å². The summed E-state index contributed by atoms with van der Waals surface area (Å²) in [6.07, 6.45) is 0. The molecule has 0 unspecified atom stereocenters. The Morgan fingerprint density at radius 2 is 1.89 bits per heavy atom. The Bertz CT molecular complexity index is 472. The first-order valence-corrected chi connectivity index (χ1v) is 6.22. The molecule has 0 bridgehead atoms. The first-order valence-electron chi connectivity index (χ1n) is 5.85. The Hall–Kier alpha value is -1.55. The van der Waals surface area contributed by atoms with Crippen LogP contribution in [0.3, 0.4) is 0 Å². The second-order valence-corrected chi connectivity index (χ2v) is 4.79. The molecule has 1 heterocycles. The fraction of sp³-hybridized carbons (Fsp3) is 0.385. The van der Waals surface area contributed by atoms with E-state index < -0.39 is 6.04 Å². The molecule has 0 N–H and O–H groups in total. The van der Waals surface area contributed by atoms with Crippen molar-refractivity contribution in [2.24, 2.45) is 0 Å². The minimum absolute atomic E-state index is 0.0567. The Balaban J connectivity index is 2.20. The lowest BCUT2D eigenvalue weighted by Gasteiger charge is -2.38. The summed E-state index contributed by atoms with van der Waals surface area (Å²) in [5.74, 6) is -0.120. The van der Waals surface area contributed by atoms with Crippen molar-refractivity contribution in [3.8, 4) is 0 Å². The molecule has 1 aromatic carbocycles. The molecule has 2 amide bonds. The number of amides is 2. The molecular formula is C13H15ClN2O2. The summed E-state index contributed by atoms with van der Waals surface area (Å²) < 4.78 is 0. The van der Waals surface area contributed by atoms with Crippen LogP contribution in [0.5, 0.6) is 0 Å². The van der Waals surface area contributed by atoms with Gasteiger partial charge in [0, 0.05) is 30.7 Å². The van der Waals surface area contributed by atoms with E-state index in [-0.39, 0.29) is 11.8 Å². The van der Waals surface area contributed by atoms with Crippen LogP contribution < -0.4 is 4.90 Å². The van der Waals surface area contributed by atoms with E-state index in [9.17, 15) is 9.59 Å². The number of piperazine rings is 1. The summed E-state index contributed by atoms with van der Waals surface area (Å²) in [5.41, 5.74) is 0.819. The molecule has 1 saturated heterocycles. The van der Waals surface area contributed by atoms with Crippen LogP contribution in [0, 0.1) is 0 Å². The van der Waals surface area contributed by atoms with Gasteiger partial charge in [-0.2, -0.15) is 0 Å². The van der Waals surface area contributed by atoms with Crippen LogP contribution in [-0.4, -0.2) is 35.8 Å². The van der Waals surface area contributed by atoms with Gasteiger partial charge in [-0.25, -0.2) is 0 Å². The SMILES string of the molecule is CC(=O)N1CCN(c2ccc(Cl)cc2)C(=O)[C@H]1C. The van der Waals surface area contributed by atoms with Gasteiger partial charge in [-0.3, -0.25) is 9.59 Å². The second-order valence-electron chi connectivity index (χ2n) is 4.35. The van der Waals surface area contributed by atoms with E-state index in [1.54, 1.807) is 28.9 Å². The summed E-state index contributed by atoms with van der Waals surface area (Å²) in [4.78, 5) is 26.9. The second kappa shape index (κ2) is 4.98. The highest BCUT2D eigenvalue weighted by Crippen LogP contribution is 2.22. The third-order valence-electron chi connectivity index (χ3n) is 3.20. The Morgan fingerprint density at radius 3 is 2.44 bits per heavy atom. The Labute approximate surface area is 111 Å². The number of carbonyl (C=O) groups excluding carboxylic acids is 2. The number of benzene rings is 1. The number of rotatable bonds is 1. The van der Waals surface area contributed by atoms with E-state index in [0.29, 0.717) is 18.1 Å². The molecule has 18 heavy (non-hydrogen) atoms. The highest BCUT2D eigenvalue weighted by atomic mass is 35.5. The highest BCUT2D eigenvalue weighted by molar-refractivity contribution is 6.30. The molecule has 1 aliphatic heterocycles. The number of carbonyl (C=O) groups is 2. The van der Waals surface area contributed by atoms with Crippen molar-refractivity contribution in [2.45, 2.75) is 19.9 Å². The molecule has 0 aliphatic carbocycles. The molecular weight excluding hydrogens is 252 g/mol. The number of hydrogen-bond acceptors (Lipinski definition) is 2. The lowest BCUT2D eigenvalue weighted by molar-refractivity contribution is -0.139. The summed E-state index contributed by atoms with van der Waals surface area (Å²) in [6.45, 7) is 4.32. The molecule has 1 fully saturated rings. The van der Waals surface area contributed by atoms with Gasteiger partial charge in [0.1, 0.15) is 6.04 Å². The molecule has 0 radical (unpaired) electrons. The van der Waals surface area contributed by atoms with Crippen LogP contribution in [0.25, 0.3) is 0 Å². The molecule has 2 rings (SSSR count). The van der Waals surface area contributed by atoms with Crippen LogP contribution in [-0.2, 0) is 9.59 Å². The maximum atomic E-state index is 12.2. The zero-order valence-corrected chi connectivity index (χ0v) is 11.1. The minimum Gasteiger partial charge on any atom is -0.329 e. The molecule has 0 aromatic heterocycles. The van der Waals surface area contributed by atoms with Gasteiger partial charge in [0.2, 0.25) is 11.8 Å². The van der Waals surface area contributed by atoms with Crippen LogP contribution >= 0.6 is 11.6 Å². The zero-order chi connectivity index (χ0) is 13.3. The van der Waals surface area contributed by atoms with Gasteiger partial charge < -0.3 is 9.80 Å². The van der Waals surface area contributed by atoms with Crippen LogP contribution in [0.2, 0.25) is 5.02 Å². The monoisotopic (exact) mass is 266 g/mol. The van der Waals surface area contributed by atoms with Crippen molar-refractivity contribution < 1.29 is 9.59 Å². The quantitative estimate of drug-likeness (QED) is 0.779. The number of halogens is 1. The maximum Gasteiger partial charge on any atom is 0.249 e. The van der Waals surface area contributed by atoms with E-state index in [2.05, 4.69) is 0 Å².